The van der Waals surface area contributed by atoms with Crippen LogP contribution in [0.15, 0.2) is 42.5 Å². The molecule has 3 amide bonds. The van der Waals surface area contributed by atoms with Crippen LogP contribution in [0.5, 0.6) is 0 Å². The molecule has 2 fully saturated rings. The maximum atomic E-state index is 13.5. The maximum absolute atomic E-state index is 13.5. The van der Waals surface area contributed by atoms with Crippen molar-refractivity contribution in [2.24, 2.45) is 11.8 Å². The normalized spacial score (nSPS) is 27.3. The average Bonchev–Trinajstić information content (AvgIpc) is 3.30. The molecule has 3 aliphatic rings. The smallest absolute Gasteiger partial charge is 0.271 e. The minimum Gasteiger partial charge on any atom is -0.324 e. The molecule has 2 aromatic carbocycles. The first-order valence-electron chi connectivity index (χ1n) is 9.15. The number of carbonyl (C=O) groups excluding carboxylic acids is 3. The molecule has 0 radical (unpaired) electrons. The molecule has 3 atom stereocenters. The number of rotatable bonds is 2. The Hall–Kier alpha value is -3.59. The van der Waals surface area contributed by atoms with Crippen molar-refractivity contribution < 1.29 is 19.3 Å². The van der Waals surface area contributed by atoms with Gasteiger partial charge >= 0.3 is 0 Å². The monoisotopic (exact) mass is 392 g/mol. The molecule has 146 valence electrons. The molecule has 2 saturated heterocycles. The molecule has 9 heteroatoms. The number of hydrogen-bond acceptors (Lipinski definition) is 6. The van der Waals surface area contributed by atoms with Gasteiger partial charge in [-0.1, -0.05) is 24.3 Å². The molecule has 3 heterocycles. The van der Waals surface area contributed by atoms with Gasteiger partial charge in [0.1, 0.15) is 5.54 Å². The Morgan fingerprint density at radius 3 is 2.66 bits per heavy atom. The van der Waals surface area contributed by atoms with Gasteiger partial charge in [-0.25, -0.2) is 4.90 Å². The summed E-state index contributed by atoms with van der Waals surface area (Å²) < 4.78 is 0. The summed E-state index contributed by atoms with van der Waals surface area (Å²) in [5.41, 5.74) is 0.463. The van der Waals surface area contributed by atoms with Crippen molar-refractivity contribution in [3.8, 4) is 0 Å². The highest BCUT2D eigenvalue weighted by atomic mass is 16.6. The number of amides is 3. The van der Waals surface area contributed by atoms with E-state index in [-0.39, 0.29) is 23.8 Å². The third-order valence-electron chi connectivity index (χ3n) is 6.10. The second-order valence-electron chi connectivity index (χ2n) is 7.51. The molecule has 0 saturated carbocycles. The molecule has 0 aliphatic carbocycles. The third kappa shape index (κ3) is 2.10. The average molecular weight is 392 g/mol. The van der Waals surface area contributed by atoms with Crippen LogP contribution in [0.25, 0.3) is 0 Å². The van der Waals surface area contributed by atoms with E-state index < -0.39 is 34.1 Å². The van der Waals surface area contributed by atoms with Gasteiger partial charge in [0.15, 0.2) is 0 Å². The van der Waals surface area contributed by atoms with Crippen LogP contribution < -0.4 is 15.5 Å². The summed E-state index contributed by atoms with van der Waals surface area (Å²) in [6, 6.07) is 11.1. The molecule has 3 aliphatic heterocycles. The van der Waals surface area contributed by atoms with E-state index >= 15 is 0 Å². The van der Waals surface area contributed by atoms with Crippen LogP contribution >= 0.6 is 0 Å². The molecular formula is C20H16N4O5. The van der Waals surface area contributed by atoms with Crippen LogP contribution in [0.2, 0.25) is 0 Å². The van der Waals surface area contributed by atoms with Crippen LogP contribution in [0.3, 0.4) is 0 Å². The molecule has 2 aromatic rings. The number of anilines is 2. The summed E-state index contributed by atoms with van der Waals surface area (Å²) in [6.45, 7) is 1.85. The Bertz CT molecular complexity index is 1130. The predicted molar refractivity (Wildman–Crippen MR) is 102 cm³/mol. The molecule has 0 unspecified atom stereocenters. The van der Waals surface area contributed by atoms with E-state index in [1.165, 1.54) is 18.2 Å². The number of nitrogens with one attached hydrogen (secondary N) is 2. The zero-order chi connectivity index (χ0) is 20.5. The minimum absolute atomic E-state index is 0.168. The number of aryl methyl sites for hydroxylation is 1. The Balaban J connectivity index is 1.63. The lowest BCUT2D eigenvalue weighted by molar-refractivity contribution is -0.384. The van der Waals surface area contributed by atoms with E-state index in [2.05, 4.69) is 10.6 Å². The van der Waals surface area contributed by atoms with Gasteiger partial charge in [0, 0.05) is 29.9 Å². The summed E-state index contributed by atoms with van der Waals surface area (Å²) in [7, 11) is 0. The second-order valence-corrected chi connectivity index (χ2v) is 7.51. The highest BCUT2D eigenvalue weighted by Crippen LogP contribution is 2.51. The summed E-state index contributed by atoms with van der Waals surface area (Å²) >= 11 is 0. The van der Waals surface area contributed by atoms with Crippen LogP contribution in [0.4, 0.5) is 17.1 Å². The number of fused-ring (bicyclic) bond motifs is 4. The first-order chi connectivity index (χ1) is 13.9. The van der Waals surface area contributed by atoms with Gasteiger partial charge in [-0.3, -0.25) is 29.8 Å². The van der Waals surface area contributed by atoms with E-state index in [9.17, 15) is 24.5 Å². The van der Waals surface area contributed by atoms with Gasteiger partial charge in [-0.2, -0.15) is 0 Å². The molecule has 29 heavy (non-hydrogen) atoms. The molecule has 0 bridgehead atoms. The van der Waals surface area contributed by atoms with Crippen molar-refractivity contribution in [2.45, 2.75) is 12.5 Å². The highest BCUT2D eigenvalue weighted by Gasteiger charge is 2.67. The fourth-order valence-corrected chi connectivity index (χ4v) is 4.75. The number of benzene rings is 2. The summed E-state index contributed by atoms with van der Waals surface area (Å²) in [5.74, 6) is -2.99. The number of nitro benzene ring substituents is 1. The number of para-hydroxylation sites is 1. The molecule has 2 N–H and O–H groups in total. The SMILES string of the molecule is Cc1ccc([N+](=O)[O-])cc1N1C(=O)[C@H]2CN[C@@]3(C(=O)Nc4ccccc43)[C@@H]2C1=O. The number of hydrogen-bond donors (Lipinski definition) is 2. The molecule has 1 spiro atoms. The largest absolute Gasteiger partial charge is 0.324 e. The van der Waals surface area contributed by atoms with Crippen LogP contribution in [-0.2, 0) is 19.9 Å². The number of carbonyl (C=O) groups is 3. The van der Waals surface area contributed by atoms with Crippen molar-refractivity contribution >= 4 is 34.8 Å². The predicted octanol–water partition coefficient (Wildman–Crippen LogP) is 1.46. The fourth-order valence-electron chi connectivity index (χ4n) is 4.75. The van der Waals surface area contributed by atoms with Gasteiger partial charge < -0.3 is 5.32 Å². The van der Waals surface area contributed by atoms with Gasteiger partial charge in [0.2, 0.25) is 17.7 Å². The van der Waals surface area contributed by atoms with E-state index in [1.54, 1.807) is 31.2 Å². The minimum atomic E-state index is -1.32. The summed E-state index contributed by atoms with van der Waals surface area (Å²) in [5, 5.41) is 17.1. The third-order valence-corrected chi connectivity index (χ3v) is 6.10. The van der Waals surface area contributed by atoms with E-state index in [1.807, 2.05) is 0 Å². The van der Waals surface area contributed by atoms with Gasteiger partial charge in [0.05, 0.1) is 22.4 Å². The van der Waals surface area contributed by atoms with Crippen LogP contribution in [0, 0.1) is 28.9 Å². The molecular weight excluding hydrogens is 376 g/mol. The van der Waals surface area contributed by atoms with Crippen molar-refractivity contribution in [1.82, 2.24) is 5.32 Å². The Kier molecular flexibility index (Phi) is 3.45. The number of nitrogens with zero attached hydrogens (tertiary/aromatic N) is 2. The Labute approximate surface area is 164 Å². The van der Waals surface area contributed by atoms with Crippen molar-refractivity contribution in [2.75, 3.05) is 16.8 Å². The first-order valence-corrected chi connectivity index (χ1v) is 9.15. The molecule has 0 aromatic heterocycles. The molecule has 9 nitrogen and oxygen atoms in total. The first kappa shape index (κ1) is 17.5. The van der Waals surface area contributed by atoms with Crippen molar-refractivity contribution in [3.63, 3.8) is 0 Å². The Morgan fingerprint density at radius 1 is 1.14 bits per heavy atom. The molecule has 5 rings (SSSR count). The lowest BCUT2D eigenvalue weighted by Gasteiger charge is -2.28. The maximum Gasteiger partial charge on any atom is 0.271 e. The van der Waals surface area contributed by atoms with Crippen LogP contribution in [0.1, 0.15) is 11.1 Å². The van der Waals surface area contributed by atoms with Crippen molar-refractivity contribution in [3.05, 3.63) is 63.7 Å². The topological polar surface area (TPSA) is 122 Å². The van der Waals surface area contributed by atoms with Crippen molar-refractivity contribution in [1.29, 1.82) is 0 Å². The van der Waals surface area contributed by atoms with Gasteiger partial charge in [-0.05, 0) is 18.6 Å². The van der Waals surface area contributed by atoms with E-state index in [4.69, 9.17) is 0 Å². The fraction of sp³-hybridized carbons (Fsp3) is 0.250. The number of imide groups is 1. The number of non-ortho nitro benzene ring substituents is 1. The quantitative estimate of drug-likeness (QED) is 0.453. The van der Waals surface area contributed by atoms with Gasteiger partial charge in [0.25, 0.3) is 5.69 Å². The second kappa shape index (κ2) is 5.71. The zero-order valence-electron chi connectivity index (χ0n) is 15.3. The van der Waals surface area contributed by atoms with E-state index in [0.29, 0.717) is 16.8 Å². The van der Waals surface area contributed by atoms with Crippen LogP contribution in [-0.4, -0.2) is 29.2 Å². The van der Waals surface area contributed by atoms with E-state index in [0.717, 1.165) is 4.90 Å². The number of nitro groups is 1. The summed E-state index contributed by atoms with van der Waals surface area (Å²) in [6.07, 6.45) is 0. The zero-order valence-corrected chi connectivity index (χ0v) is 15.3. The highest BCUT2D eigenvalue weighted by molar-refractivity contribution is 6.26. The summed E-state index contributed by atoms with van der Waals surface area (Å²) in [4.78, 5) is 51.2. The lowest BCUT2D eigenvalue weighted by atomic mass is 9.77. The Morgan fingerprint density at radius 2 is 1.90 bits per heavy atom. The van der Waals surface area contributed by atoms with Gasteiger partial charge in [-0.15, -0.1) is 0 Å². The lowest BCUT2D eigenvalue weighted by Crippen LogP contribution is -2.51. The standard InChI is InChI=1S/C20H16N4O5/c1-10-6-7-11(24(28)29)8-15(10)23-17(25)12-9-21-20(16(12)18(23)26)13-4-2-3-5-14(13)22-19(20)27/h2-8,12,16,21H,9H2,1H3,(H,22,27)/t12-,16-,20+/m0/s1.